The minimum atomic E-state index is -0.373. The number of aromatic nitrogens is 4. The van der Waals surface area contributed by atoms with Crippen LogP contribution in [0.25, 0.3) is 10.6 Å². The van der Waals surface area contributed by atoms with Crippen molar-refractivity contribution in [3.63, 3.8) is 0 Å². The highest BCUT2D eigenvalue weighted by atomic mass is 32.1. The van der Waals surface area contributed by atoms with Crippen LogP contribution in [0.3, 0.4) is 0 Å². The van der Waals surface area contributed by atoms with Gasteiger partial charge in [-0.05, 0) is 31.8 Å². The van der Waals surface area contributed by atoms with Gasteiger partial charge in [0.15, 0.2) is 5.75 Å². The highest BCUT2D eigenvalue weighted by Crippen LogP contribution is 2.31. The van der Waals surface area contributed by atoms with Crippen LogP contribution in [-0.4, -0.2) is 58.7 Å². The fraction of sp³-hybridized carbons (Fsp3) is 0.208. The van der Waals surface area contributed by atoms with Gasteiger partial charge in [-0.3, -0.25) is 15.1 Å². The molecule has 3 aromatic heterocycles. The van der Waals surface area contributed by atoms with Crippen LogP contribution in [0.5, 0.6) is 11.6 Å². The van der Waals surface area contributed by atoms with Crippen molar-refractivity contribution in [3.05, 3.63) is 78.2 Å². The second kappa shape index (κ2) is 10.8. The minimum absolute atomic E-state index is 0.259. The highest BCUT2D eigenvalue weighted by molar-refractivity contribution is 7.18. The Hall–Kier alpha value is -3.89. The maximum atomic E-state index is 12.8. The van der Waals surface area contributed by atoms with Gasteiger partial charge >= 0.3 is 0 Å². The van der Waals surface area contributed by atoms with Crippen LogP contribution in [-0.2, 0) is 0 Å². The van der Waals surface area contributed by atoms with E-state index in [2.05, 4.69) is 25.5 Å². The highest BCUT2D eigenvalue weighted by Gasteiger charge is 2.20. The molecule has 0 aliphatic carbocycles. The van der Waals surface area contributed by atoms with Gasteiger partial charge in [-0.15, -0.1) is 10.2 Å². The summed E-state index contributed by atoms with van der Waals surface area (Å²) in [6.07, 6.45) is 4.55. The fourth-order valence-electron chi connectivity index (χ4n) is 3.19. The number of benzene rings is 1. The van der Waals surface area contributed by atoms with Crippen LogP contribution >= 0.6 is 11.3 Å². The average Bonchev–Trinajstić information content (AvgIpc) is 3.33. The summed E-state index contributed by atoms with van der Waals surface area (Å²) in [5.41, 5.74) is 2.21. The van der Waals surface area contributed by atoms with Crippen molar-refractivity contribution in [2.45, 2.75) is 6.10 Å². The molecule has 0 bridgehead atoms. The molecule has 1 N–H and O–H groups in total. The Morgan fingerprint density at radius 1 is 1.12 bits per heavy atom. The summed E-state index contributed by atoms with van der Waals surface area (Å²) < 4.78 is 11.7. The van der Waals surface area contributed by atoms with Crippen molar-refractivity contribution < 1.29 is 14.3 Å². The average molecular weight is 477 g/mol. The van der Waals surface area contributed by atoms with Crippen molar-refractivity contribution in [2.24, 2.45) is 0 Å². The lowest BCUT2D eigenvalue weighted by molar-refractivity contribution is 0.102. The summed E-state index contributed by atoms with van der Waals surface area (Å²) in [6, 6.07) is 15.2. The Labute approximate surface area is 201 Å². The molecular formula is C24H24N6O3S. The molecule has 0 saturated heterocycles. The fourth-order valence-corrected chi connectivity index (χ4v) is 3.93. The molecule has 1 amide bonds. The molecule has 4 aromatic rings. The zero-order valence-electron chi connectivity index (χ0n) is 19.0. The van der Waals surface area contributed by atoms with Gasteiger partial charge in [-0.25, -0.2) is 4.98 Å². The van der Waals surface area contributed by atoms with Crippen molar-refractivity contribution in [1.29, 1.82) is 0 Å². The van der Waals surface area contributed by atoms with Crippen LogP contribution in [0.4, 0.5) is 5.13 Å². The number of ether oxygens (including phenoxy) is 2. The van der Waals surface area contributed by atoms with Gasteiger partial charge in [0.05, 0.1) is 12.7 Å². The molecular weight excluding hydrogens is 452 g/mol. The Balaban J connectivity index is 1.50. The zero-order chi connectivity index (χ0) is 23.9. The van der Waals surface area contributed by atoms with Crippen molar-refractivity contribution >= 4 is 22.4 Å². The summed E-state index contributed by atoms with van der Waals surface area (Å²) in [4.78, 5) is 23.2. The van der Waals surface area contributed by atoms with Gasteiger partial charge < -0.3 is 14.4 Å². The van der Waals surface area contributed by atoms with E-state index in [1.165, 1.54) is 24.6 Å². The van der Waals surface area contributed by atoms with E-state index in [1.807, 2.05) is 61.5 Å². The van der Waals surface area contributed by atoms with Crippen LogP contribution in [0, 0.1) is 0 Å². The lowest BCUT2D eigenvalue weighted by Crippen LogP contribution is -2.24. The topological polar surface area (TPSA) is 102 Å². The number of nitrogens with one attached hydrogen (secondary N) is 1. The number of carbonyl (C=O) groups excluding carboxylic acids is 1. The molecule has 3 heterocycles. The molecule has 1 atom stereocenters. The molecule has 0 radical (unpaired) electrons. The molecule has 0 aliphatic heterocycles. The molecule has 174 valence electrons. The van der Waals surface area contributed by atoms with E-state index in [0.717, 1.165) is 11.1 Å². The van der Waals surface area contributed by atoms with E-state index < -0.39 is 0 Å². The normalized spacial score (nSPS) is 11.8. The Kier molecular flexibility index (Phi) is 7.41. The maximum Gasteiger partial charge on any atom is 0.259 e. The largest absolute Gasteiger partial charge is 0.491 e. The van der Waals surface area contributed by atoms with E-state index in [9.17, 15) is 4.79 Å². The number of nitrogens with zero attached hydrogens (tertiary/aromatic N) is 5. The van der Waals surface area contributed by atoms with E-state index in [0.29, 0.717) is 33.9 Å². The van der Waals surface area contributed by atoms with Crippen LogP contribution in [0.15, 0.2) is 67.1 Å². The minimum Gasteiger partial charge on any atom is -0.491 e. The molecule has 0 fully saturated rings. The third-order valence-electron chi connectivity index (χ3n) is 4.83. The van der Waals surface area contributed by atoms with Gasteiger partial charge in [0, 0.05) is 36.8 Å². The number of anilines is 1. The Morgan fingerprint density at radius 2 is 1.88 bits per heavy atom. The number of likely N-dealkylation sites (N-methyl/N-ethyl adjacent to an activating group) is 1. The first kappa shape index (κ1) is 23.3. The molecule has 1 aromatic carbocycles. The zero-order valence-corrected chi connectivity index (χ0v) is 19.8. The monoisotopic (exact) mass is 476 g/mol. The molecule has 34 heavy (non-hydrogen) atoms. The summed E-state index contributed by atoms with van der Waals surface area (Å²) in [7, 11) is 5.47. The second-order valence-electron chi connectivity index (χ2n) is 7.61. The first-order valence-corrected chi connectivity index (χ1v) is 11.3. The lowest BCUT2D eigenvalue weighted by atomic mass is 10.1. The summed E-state index contributed by atoms with van der Waals surface area (Å²) in [5.74, 6) is 0.301. The number of carbonyl (C=O) groups is 1. The SMILES string of the molecule is COc1cc(C(=O)Nc2nnc(-c3ccncc3)s2)cnc1OC(CN(C)C)c1ccccc1. The summed E-state index contributed by atoms with van der Waals surface area (Å²) in [5, 5.41) is 12.0. The van der Waals surface area contributed by atoms with Crippen molar-refractivity contribution in [1.82, 2.24) is 25.1 Å². The van der Waals surface area contributed by atoms with E-state index in [-0.39, 0.29) is 12.0 Å². The van der Waals surface area contributed by atoms with E-state index in [1.54, 1.807) is 18.5 Å². The van der Waals surface area contributed by atoms with Crippen LogP contribution in [0.2, 0.25) is 0 Å². The van der Waals surface area contributed by atoms with Gasteiger partial charge in [-0.2, -0.15) is 0 Å². The summed E-state index contributed by atoms with van der Waals surface area (Å²) in [6.45, 7) is 0.647. The van der Waals surface area contributed by atoms with Crippen molar-refractivity contribution in [3.8, 4) is 22.2 Å². The van der Waals surface area contributed by atoms with Crippen LogP contribution in [0.1, 0.15) is 22.0 Å². The van der Waals surface area contributed by atoms with Crippen LogP contribution < -0.4 is 14.8 Å². The van der Waals surface area contributed by atoms with Crippen molar-refractivity contribution in [2.75, 3.05) is 33.1 Å². The van der Waals surface area contributed by atoms with Gasteiger partial charge in [0.25, 0.3) is 11.8 Å². The number of pyridine rings is 2. The predicted octanol–water partition coefficient (Wildman–Crippen LogP) is 3.94. The quantitative estimate of drug-likeness (QED) is 0.388. The Bertz CT molecular complexity index is 1230. The number of rotatable bonds is 9. The number of hydrogen-bond acceptors (Lipinski definition) is 9. The number of methoxy groups -OCH3 is 1. The molecule has 9 nitrogen and oxygen atoms in total. The molecule has 0 aliphatic rings. The third kappa shape index (κ3) is 5.72. The number of amides is 1. The molecule has 0 saturated carbocycles. The predicted molar refractivity (Wildman–Crippen MR) is 130 cm³/mol. The molecule has 10 heteroatoms. The Morgan fingerprint density at radius 3 is 2.59 bits per heavy atom. The maximum absolute atomic E-state index is 12.8. The van der Waals surface area contributed by atoms with Gasteiger partial charge in [0.1, 0.15) is 11.1 Å². The standard InChI is InChI=1S/C24H24N6O3S/c1-30(2)15-20(16-7-5-4-6-8-16)33-22-19(32-3)13-18(14-26-22)21(31)27-24-29-28-23(34-24)17-9-11-25-12-10-17/h4-14,20H,15H2,1-3H3,(H,27,29,31). The second-order valence-corrected chi connectivity index (χ2v) is 8.59. The van der Waals surface area contributed by atoms with E-state index in [4.69, 9.17) is 9.47 Å². The first-order valence-electron chi connectivity index (χ1n) is 10.5. The molecule has 0 spiro atoms. The van der Waals surface area contributed by atoms with E-state index >= 15 is 0 Å². The smallest absolute Gasteiger partial charge is 0.259 e. The molecule has 1 unspecified atom stereocenters. The lowest BCUT2D eigenvalue weighted by Gasteiger charge is -2.23. The number of hydrogen-bond donors (Lipinski definition) is 1. The summed E-state index contributed by atoms with van der Waals surface area (Å²) >= 11 is 1.27. The van der Waals surface area contributed by atoms with Gasteiger partial charge in [0.2, 0.25) is 5.13 Å². The first-order chi connectivity index (χ1) is 16.5. The van der Waals surface area contributed by atoms with Gasteiger partial charge in [-0.1, -0.05) is 41.7 Å². The third-order valence-corrected chi connectivity index (χ3v) is 5.72. The molecule has 4 rings (SSSR count).